The van der Waals surface area contributed by atoms with Gasteiger partial charge in [0.2, 0.25) is 5.91 Å². The van der Waals surface area contributed by atoms with Crippen LogP contribution in [0, 0.1) is 0 Å². The molecular formula is C19H20ClF3N2O. The van der Waals surface area contributed by atoms with Crippen molar-refractivity contribution in [2.24, 2.45) is 0 Å². The van der Waals surface area contributed by atoms with Gasteiger partial charge in [-0.15, -0.1) is 0 Å². The fourth-order valence-corrected chi connectivity index (χ4v) is 2.70. The van der Waals surface area contributed by atoms with Crippen molar-refractivity contribution in [1.29, 1.82) is 0 Å². The number of nitrogens with one attached hydrogen (secondary N) is 1. The molecule has 0 heterocycles. The molecular weight excluding hydrogens is 365 g/mol. The van der Waals surface area contributed by atoms with Crippen molar-refractivity contribution in [2.45, 2.75) is 32.6 Å². The number of amides is 1. The number of carbonyl (C=O) groups excluding carboxylic acids is 1. The maximum absolute atomic E-state index is 12.9. The number of hydrogen-bond donors (Lipinski definition) is 1. The third kappa shape index (κ3) is 5.39. The number of hydrogen-bond acceptors (Lipinski definition) is 2. The maximum atomic E-state index is 12.9. The van der Waals surface area contributed by atoms with Gasteiger partial charge in [0, 0.05) is 18.3 Å². The Kier molecular flexibility index (Phi) is 6.53. The molecule has 2 rings (SSSR count). The summed E-state index contributed by atoms with van der Waals surface area (Å²) in [7, 11) is 0. The second kappa shape index (κ2) is 8.45. The highest BCUT2D eigenvalue weighted by Crippen LogP contribution is 2.36. The Hall–Kier alpha value is -2.21. The van der Waals surface area contributed by atoms with E-state index in [0.717, 1.165) is 11.6 Å². The molecule has 2 aromatic rings. The summed E-state index contributed by atoms with van der Waals surface area (Å²) in [4.78, 5) is 14.2. The smallest absolute Gasteiger partial charge is 0.376 e. The van der Waals surface area contributed by atoms with Gasteiger partial charge >= 0.3 is 6.18 Å². The number of halogens is 4. The van der Waals surface area contributed by atoms with Gasteiger partial charge in [-0.3, -0.25) is 4.79 Å². The van der Waals surface area contributed by atoms with Crippen LogP contribution in [0.1, 0.15) is 25.0 Å². The van der Waals surface area contributed by atoms with E-state index in [1.54, 1.807) is 4.90 Å². The highest BCUT2D eigenvalue weighted by Gasteiger charge is 2.33. The number of anilines is 1. The van der Waals surface area contributed by atoms with E-state index in [1.165, 1.54) is 12.1 Å². The summed E-state index contributed by atoms with van der Waals surface area (Å²) < 4.78 is 38.7. The summed E-state index contributed by atoms with van der Waals surface area (Å²) in [5, 5.41) is 2.38. The van der Waals surface area contributed by atoms with Gasteiger partial charge in [-0.1, -0.05) is 41.9 Å². The van der Waals surface area contributed by atoms with E-state index in [4.69, 9.17) is 11.6 Å². The zero-order valence-corrected chi connectivity index (χ0v) is 15.2. The standard InChI is InChI=1S/C19H20ClF3N2O/c1-13(2)25(12-14-6-4-3-5-7-14)18(26)11-24-15-8-9-17(20)16(10-15)19(21,22)23/h3-10,13,24H,11-12H2,1-2H3. The lowest BCUT2D eigenvalue weighted by Crippen LogP contribution is -2.39. The molecule has 0 saturated heterocycles. The van der Waals surface area contributed by atoms with Gasteiger partial charge in [0.05, 0.1) is 17.1 Å². The molecule has 140 valence electrons. The molecule has 0 aliphatic heterocycles. The maximum Gasteiger partial charge on any atom is 0.417 e. The molecule has 0 fully saturated rings. The van der Waals surface area contributed by atoms with E-state index in [0.29, 0.717) is 6.54 Å². The molecule has 0 unspecified atom stereocenters. The molecule has 0 aliphatic rings. The lowest BCUT2D eigenvalue weighted by molar-refractivity contribution is -0.137. The molecule has 0 atom stereocenters. The van der Waals surface area contributed by atoms with Gasteiger partial charge in [-0.05, 0) is 37.6 Å². The van der Waals surface area contributed by atoms with Crippen LogP contribution in [-0.4, -0.2) is 23.4 Å². The van der Waals surface area contributed by atoms with Crippen LogP contribution < -0.4 is 5.32 Å². The predicted molar refractivity (Wildman–Crippen MR) is 97.1 cm³/mol. The monoisotopic (exact) mass is 384 g/mol. The summed E-state index contributed by atoms with van der Waals surface area (Å²) in [6.45, 7) is 4.12. The van der Waals surface area contributed by atoms with Crippen LogP contribution in [0.3, 0.4) is 0 Å². The van der Waals surface area contributed by atoms with Crippen molar-refractivity contribution in [3.05, 3.63) is 64.7 Å². The fourth-order valence-electron chi connectivity index (χ4n) is 2.47. The van der Waals surface area contributed by atoms with Gasteiger partial charge in [-0.25, -0.2) is 0 Å². The minimum absolute atomic E-state index is 0.0412. The highest BCUT2D eigenvalue weighted by atomic mass is 35.5. The molecule has 3 nitrogen and oxygen atoms in total. The second-order valence-corrected chi connectivity index (χ2v) is 6.55. The van der Waals surface area contributed by atoms with Crippen LogP contribution in [-0.2, 0) is 17.5 Å². The Labute approximate surface area is 155 Å². The predicted octanol–water partition coefficient (Wildman–Crippen LogP) is 5.21. The zero-order chi connectivity index (χ0) is 19.3. The molecule has 26 heavy (non-hydrogen) atoms. The van der Waals surface area contributed by atoms with E-state index >= 15 is 0 Å². The van der Waals surface area contributed by atoms with Gasteiger partial charge < -0.3 is 10.2 Å². The molecule has 0 saturated carbocycles. The van der Waals surface area contributed by atoms with Crippen LogP contribution in [0.5, 0.6) is 0 Å². The SMILES string of the molecule is CC(C)N(Cc1ccccc1)C(=O)CNc1ccc(Cl)c(C(F)(F)F)c1. The molecule has 0 aromatic heterocycles. The summed E-state index contributed by atoms with van der Waals surface area (Å²) in [6.07, 6.45) is -4.55. The molecule has 0 aliphatic carbocycles. The summed E-state index contributed by atoms with van der Waals surface area (Å²) in [6, 6.07) is 13.0. The first-order valence-electron chi connectivity index (χ1n) is 8.12. The minimum atomic E-state index is -4.55. The van der Waals surface area contributed by atoms with Gasteiger partial charge in [0.15, 0.2) is 0 Å². The van der Waals surface area contributed by atoms with Crippen molar-refractivity contribution in [1.82, 2.24) is 4.90 Å². The van der Waals surface area contributed by atoms with Gasteiger partial charge in [0.1, 0.15) is 0 Å². The largest absolute Gasteiger partial charge is 0.417 e. The normalized spacial score (nSPS) is 11.5. The first kappa shape index (κ1) is 20.1. The lowest BCUT2D eigenvalue weighted by atomic mass is 10.1. The van der Waals surface area contributed by atoms with Crippen LogP contribution in [0.4, 0.5) is 18.9 Å². The van der Waals surface area contributed by atoms with Crippen LogP contribution in [0.2, 0.25) is 5.02 Å². The van der Waals surface area contributed by atoms with E-state index in [9.17, 15) is 18.0 Å². The number of benzene rings is 2. The molecule has 1 N–H and O–H groups in total. The summed E-state index contributed by atoms with van der Waals surface area (Å²) >= 11 is 5.60. The third-order valence-corrected chi connectivity index (χ3v) is 4.18. The highest BCUT2D eigenvalue weighted by molar-refractivity contribution is 6.31. The number of carbonyl (C=O) groups is 1. The van der Waals surface area contributed by atoms with E-state index < -0.39 is 11.7 Å². The van der Waals surface area contributed by atoms with Crippen molar-refractivity contribution in [3.8, 4) is 0 Å². The zero-order valence-electron chi connectivity index (χ0n) is 14.5. The van der Waals surface area contributed by atoms with Crippen molar-refractivity contribution in [2.75, 3.05) is 11.9 Å². The first-order valence-corrected chi connectivity index (χ1v) is 8.50. The molecule has 7 heteroatoms. The molecule has 1 amide bonds. The van der Waals surface area contributed by atoms with E-state index in [-0.39, 0.29) is 29.2 Å². The van der Waals surface area contributed by atoms with E-state index in [1.807, 2.05) is 44.2 Å². The Morgan fingerprint density at radius 2 is 1.81 bits per heavy atom. The summed E-state index contributed by atoms with van der Waals surface area (Å²) in [5.74, 6) is -0.202. The van der Waals surface area contributed by atoms with Crippen molar-refractivity contribution >= 4 is 23.2 Å². The van der Waals surface area contributed by atoms with Crippen molar-refractivity contribution in [3.63, 3.8) is 0 Å². The quantitative estimate of drug-likeness (QED) is 0.741. The number of rotatable bonds is 6. The summed E-state index contributed by atoms with van der Waals surface area (Å²) in [5.41, 5.74) is 0.250. The Morgan fingerprint density at radius 3 is 2.38 bits per heavy atom. The Bertz CT molecular complexity index is 748. The molecule has 0 spiro atoms. The molecule has 0 radical (unpaired) electrons. The Morgan fingerprint density at radius 1 is 1.15 bits per heavy atom. The van der Waals surface area contributed by atoms with Crippen LogP contribution in [0.25, 0.3) is 0 Å². The number of alkyl halides is 3. The van der Waals surface area contributed by atoms with E-state index in [2.05, 4.69) is 5.32 Å². The molecule has 0 bridgehead atoms. The second-order valence-electron chi connectivity index (χ2n) is 6.15. The van der Waals surface area contributed by atoms with Crippen molar-refractivity contribution < 1.29 is 18.0 Å². The average Bonchev–Trinajstić information content (AvgIpc) is 2.58. The lowest BCUT2D eigenvalue weighted by Gasteiger charge is -2.27. The fraction of sp³-hybridized carbons (Fsp3) is 0.316. The average molecular weight is 385 g/mol. The Balaban J connectivity index is 2.06. The topological polar surface area (TPSA) is 32.3 Å². The first-order chi connectivity index (χ1) is 12.2. The molecule has 2 aromatic carbocycles. The van der Waals surface area contributed by atoms with Gasteiger partial charge in [-0.2, -0.15) is 13.2 Å². The minimum Gasteiger partial charge on any atom is -0.376 e. The van der Waals surface area contributed by atoms with Gasteiger partial charge in [0.25, 0.3) is 0 Å². The van der Waals surface area contributed by atoms with Crippen LogP contribution >= 0.6 is 11.6 Å². The third-order valence-electron chi connectivity index (χ3n) is 3.85. The number of nitrogens with zero attached hydrogens (tertiary/aromatic N) is 1. The van der Waals surface area contributed by atoms with Crippen LogP contribution in [0.15, 0.2) is 48.5 Å².